The number of halogens is 1. The maximum absolute atomic E-state index is 12.0. The van der Waals surface area contributed by atoms with Crippen LogP contribution >= 0.6 is 22.9 Å². The highest BCUT2D eigenvalue weighted by Gasteiger charge is 2.16. The molecule has 3 rings (SSSR count). The molecule has 0 spiro atoms. The van der Waals surface area contributed by atoms with Gasteiger partial charge in [-0.1, -0.05) is 47.9 Å². The van der Waals surface area contributed by atoms with Crippen molar-refractivity contribution in [1.29, 1.82) is 0 Å². The first-order valence-electron chi connectivity index (χ1n) is 7.63. The standard InChI is InChI=1S/C15H18ClN5OS/c16-11-7-3-4-8-12(11)17-13(22)18-14-19-20-15(23-14)21-9-5-1-2-6-10-21/h3-4,7-8H,1-2,5-6,9-10H2,(H2,17,18,19,22). The first-order valence-corrected chi connectivity index (χ1v) is 8.83. The van der Waals surface area contributed by atoms with E-state index in [1.807, 2.05) is 12.1 Å². The molecule has 2 aromatic rings. The summed E-state index contributed by atoms with van der Waals surface area (Å²) in [5.41, 5.74) is 0.559. The average molecular weight is 352 g/mol. The molecule has 2 heterocycles. The van der Waals surface area contributed by atoms with Gasteiger partial charge in [0.05, 0.1) is 10.7 Å². The molecule has 1 aliphatic heterocycles. The van der Waals surface area contributed by atoms with Crippen LogP contribution in [0.2, 0.25) is 5.02 Å². The van der Waals surface area contributed by atoms with Crippen LogP contribution in [-0.4, -0.2) is 29.3 Å². The van der Waals surface area contributed by atoms with E-state index in [4.69, 9.17) is 11.6 Å². The Hall–Kier alpha value is -1.86. The average Bonchev–Trinajstić information content (AvgIpc) is 2.83. The first-order chi connectivity index (χ1) is 11.2. The van der Waals surface area contributed by atoms with Crippen molar-refractivity contribution in [1.82, 2.24) is 10.2 Å². The molecular formula is C15H18ClN5OS. The minimum absolute atomic E-state index is 0.378. The Balaban J connectivity index is 1.60. The number of nitrogens with zero attached hydrogens (tertiary/aromatic N) is 3. The highest BCUT2D eigenvalue weighted by molar-refractivity contribution is 7.19. The van der Waals surface area contributed by atoms with Gasteiger partial charge in [0, 0.05) is 13.1 Å². The van der Waals surface area contributed by atoms with Gasteiger partial charge in [-0.05, 0) is 25.0 Å². The van der Waals surface area contributed by atoms with Crippen LogP contribution in [0.15, 0.2) is 24.3 Å². The quantitative estimate of drug-likeness (QED) is 0.868. The van der Waals surface area contributed by atoms with E-state index in [0.29, 0.717) is 15.8 Å². The Morgan fingerprint density at radius 3 is 2.57 bits per heavy atom. The maximum Gasteiger partial charge on any atom is 0.325 e. The lowest BCUT2D eigenvalue weighted by Gasteiger charge is -2.17. The number of amides is 2. The van der Waals surface area contributed by atoms with Crippen LogP contribution in [0.1, 0.15) is 25.7 Å². The van der Waals surface area contributed by atoms with Gasteiger partial charge in [-0.3, -0.25) is 5.32 Å². The third-order valence-electron chi connectivity index (χ3n) is 3.63. The van der Waals surface area contributed by atoms with E-state index in [-0.39, 0.29) is 6.03 Å². The van der Waals surface area contributed by atoms with Crippen LogP contribution in [0.5, 0.6) is 0 Å². The summed E-state index contributed by atoms with van der Waals surface area (Å²) in [5, 5.41) is 15.5. The molecule has 1 aromatic heterocycles. The lowest BCUT2D eigenvalue weighted by molar-refractivity contribution is 0.262. The van der Waals surface area contributed by atoms with Gasteiger partial charge in [0.2, 0.25) is 10.3 Å². The lowest BCUT2D eigenvalue weighted by Crippen LogP contribution is -2.23. The lowest BCUT2D eigenvalue weighted by atomic mass is 10.2. The summed E-state index contributed by atoms with van der Waals surface area (Å²) in [6, 6.07) is 6.70. The number of benzene rings is 1. The number of anilines is 3. The fourth-order valence-corrected chi connectivity index (χ4v) is 3.44. The number of nitrogens with one attached hydrogen (secondary N) is 2. The van der Waals surface area contributed by atoms with Crippen LogP contribution in [0.3, 0.4) is 0 Å². The van der Waals surface area contributed by atoms with Gasteiger partial charge in [0.15, 0.2) is 0 Å². The summed E-state index contributed by atoms with van der Waals surface area (Å²) in [6.45, 7) is 2.00. The summed E-state index contributed by atoms with van der Waals surface area (Å²) in [4.78, 5) is 14.3. The molecule has 2 amide bonds. The first kappa shape index (κ1) is 16.0. The fraction of sp³-hybridized carbons (Fsp3) is 0.400. The number of aromatic nitrogens is 2. The van der Waals surface area contributed by atoms with Crippen molar-refractivity contribution in [2.75, 3.05) is 28.6 Å². The minimum atomic E-state index is -0.378. The molecule has 0 atom stereocenters. The topological polar surface area (TPSA) is 70.2 Å². The van der Waals surface area contributed by atoms with Crippen molar-refractivity contribution in [2.24, 2.45) is 0 Å². The van der Waals surface area contributed by atoms with E-state index in [1.165, 1.54) is 37.0 Å². The maximum atomic E-state index is 12.0. The second-order valence-electron chi connectivity index (χ2n) is 5.35. The van der Waals surface area contributed by atoms with E-state index in [2.05, 4.69) is 25.7 Å². The van der Waals surface area contributed by atoms with Crippen molar-refractivity contribution in [3.05, 3.63) is 29.3 Å². The Labute approximate surface area is 143 Å². The Bertz CT molecular complexity index is 669. The zero-order chi connectivity index (χ0) is 16.1. The van der Waals surface area contributed by atoms with Crippen LogP contribution in [0, 0.1) is 0 Å². The summed E-state index contributed by atoms with van der Waals surface area (Å²) < 4.78 is 0. The van der Waals surface area contributed by atoms with Crippen molar-refractivity contribution in [3.8, 4) is 0 Å². The molecule has 0 saturated carbocycles. The van der Waals surface area contributed by atoms with Crippen molar-refractivity contribution >= 4 is 44.9 Å². The number of hydrogen-bond donors (Lipinski definition) is 2. The zero-order valence-electron chi connectivity index (χ0n) is 12.6. The van der Waals surface area contributed by atoms with E-state index in [0.717, 1.165) is 18.2 Å². The summed E-state index contributed by atoms with van der Waals surface area (Å²) in [5.74, 6) is 0. The van der Waals surface area contributed by atoms with Gasteiger partial charge < -0.3 is 10.2 Å². The van der Waals surface area contributed by atoms with Gasteiger partial charge in [-0.25, -0.2) is 4.79 Å². The number of para-hydroxylation sites is 1. The van der Waals surface area contributed by atoms with E-state index in [9.17, 15) is 4.79 Å². The van der Waals surface area contributed by atoms with E-state index >= 15 is 0 Å². The van der Waals surface area contributed by atoms with Crippen LogP contribution in [0.4, 0.5) is 20.7 Å². The molecule has 23 heavy (non-hydrogen) atoms. The second-order valence-corrected chi connectivity index (χ2v) is 6.71. The number of rotatable bonds is 3. The van der Waals surface area contributed by atoms with Crippen LogP contribution in [0.25, 0.3) is 0 Å². The number of carbonyl (C=O) groups is 1. The summed E-state index contributed by atoms with van der Waals surface area (Å²) >= 11 is 7.41. The zero-order valence-corrected chi connectivity index (χ0v) is 14.2. The molecule has 122 valence electrons. The molecule has 1 saturated heterocycles. The van der Waals surface area contributed by atoms with E-state index in [1.54, 1.807) is 12.1 Å². The highest BCUT2D eigenvalue weighted by Crippen LogP contribution is 2.27. The van der Waals surface area contributed by atoms with E-state index < -0.39 is 0 Å². The van der Waals surface area contributed by atoms with Crippen LogP contribution in [-0.2, 0) is 0 Å². The molecule has 1 aliphatic rings. The Morgan fingerprint density at radius 1 is 1.09 bits per heavy atom. The normalized spacial score (nSPS) is 15.1. The number of urea groups is 1. The molecule has 6 nitrogen and oxygen atoms in total. The number of carbonyl (C=O) groups excluding carboxylic acids is 1. The molecular weight excluding hydrogens is 334 g/mol. The molecule has 2 N–H and O–H groups in total. The molecule has 0 radical (unpaired) electrons. The molecule has 8 heteroatoms. The van der Waals surface area contributed by atoms with Crippen molar-refractivity contribution in [3.63, 3.8) is 0 Å². The Morgan fingerprint density at radius 2 is 1.83 bits per heavy atom. The SMILES string of the molecule is O=C(Nc1nnc(N2CCCCCC2)s1)Nc1ccccc1Cl. The monoisotopic (exact) mass is 351 g/mol. The predicted molar refractivity (Wildman–Crippen MR) is 94.7 cm³/mol. The fourth-order valence-electron chi connectivity index (χ4n) is 2.47. The minimum Gasteiger partial charge on any atom is -0.347 e. The summed E-state index contributed by atoms with van der Waals surface area (Å²) in [7, 11) is 0. The molecule has 0 unspecified atom stereocenters. The second kappa shape index (κ2) is 7.61. The smallest absolute Gasteiger partial charge is 0.325 e. The molecule has 0 bridgehead atoms. The van der Waals surface area contributed by atoms with Crippen molar-refractivity contribution < 1.29 is 4.79 Å². The predicted octanol–water partition coefficient (Wildman–Crippen LogP) is 4.22. The molecule has 1 aromatic carbocycles. The Kier molecular flexibility index (Phi) is 5.30. The molecule has 1 fully saturated rings. The molecule has 0 aliphatic carbocycles. The summed E-state index contributed by atoms with van der Waals surface area (Å²) in [6.07, 6.45) is 4.88. The number of hydrogen-bond acceptors (Lipinski definition) is 5. The van der Waals surface area contributed by atoms with Gasteiger partial charge in [0.1, 0.15) is 0 Å². The third-order valence-corrected chi connectivity index (χ3v) is 4.86. The van der Waals surface area contributed by atoms with Gasteiger partial charge in [-0.15, -0.1) is 10.2 Å². The van der Waals surface area contributed by atoms with Crippen LogP contribution < -0.4 is 15.5 Å². The van der Waals surface area contributed by atoms with Crippen molar-refractivity contribution in [2.45, 2.75) is 25.7 Å². The van der Waals surface area contributed by atoms with Gasteiger partial charge in [0.25, 0.3) is 0 Å². The highest BCUT2D eigenvalue weighted by atomic mass is 35.5. The largest absolute Gasteiger partial charge is 0.347 e. The third kappa shape index (κ3) is 4.33. The van der Waals surface area contributed by atoms with Gasteiger partial charge >= 0.3 is 6.03 Å². The van der Waals surface area contributed by atoms with Gasteiger partial charge in [-0.2, -0.15) is 0 Å².